The van der Waals surface area contributed by atoms with Crippen LogP contribution in [0.3, 0.4) is 0 Å². The summed E-state index contributed by atoms with van der Waals surface area (Å²) in [6.45, 7) is 3.67. The lowest BCUT2D eigenvalue weighted by molar-refractivity contribution is 0.0928. The molecule has 6 heteroatoms. The van der Waals surface area contributed by atoms with Crippen LogP contribution in [0.5, 0.6) is 0 Å². The number of amides is 1. The third-order valence-corrected chi connectivity index (χ3v) is 3.00. The lowest BCUT2D eigenvalue weighted by Gasteiger charge is -2.14. The number of imidazole rings is 1. The first kappa shape index (κ1) is 13.7. The van der Waals surface area contributed by atoms with Crippen LogP contribution in [0.25, 0.3) is 0 Å². The molecule has 2 aromatic rings. The second-order valence-electron chi connectivity index (χ2n) is 4.35. The van der Waals surface area contributed by atoms with Gasteiger partial charge in [-0.25, -0.2) is 9.97 Å². The fraction of sp³-hybridized carbons (Fsp3) is 0.286. The second kappa shape index (κ2) is 5.97. The third kappa shape index (κ3) is 2.83. The number of rotatable bonds is 4. The molecule has 0 radical (unpaired) electrons. The molecule has 0 bridgehead atoms. The molecule has 20 heavy (non-hydrogen) atoms. The van der Waals surface area contributed by atoms with Gasteiger partial charge >= 0.3 is 0 Å². The largest absolute Gasteiger partial charge is 0.347 e. The number of aromatic nitrogens is 3. The molecule has 2 aromatic heterocycles. The predicted octanol–water partition coefficient (Wildman–Crippen LogP) is 1.87. The van der Waals surface area contributed by atoms with Gasteiger partial charge < -0.3 is 10.3 Å². The second-order valence-corrected chi connectivity index (χ2v) is 4.35. The zero-order chi connectivity index (χ0) is 14.5. The van der Waals surface area contributed by atoms with Crippen LogP contribution >= 0.6 is 0 Å². The fourth-order valence-corrected chi connectivity index (χ4v) is 1.87. The van der Waals surface area contributed by atoms with Crippen LogP contribution in [0.2, 0.25) is 0 Å². The number of carbonyl (C=O) groups excluding carboxylic acids is 1. The summed E-state index contributed by atoms with van der Waals surface area (Å²) in [5, 5.41) is 11.7. The van der Waals surface area contributed by atoms with E-state index in [1.54, 1.807) is 31.5 Å². The van der Waals surface area contributed by atoms with Crippen molar-refractivity contribution in [2.75, 3.05) is 0 Å². The highest BCUT2D eigenvalue weighted by Gasteiger charge is 2.17. The van der Waals surface area contributed by atoms with Crippen molar-refractivity contribution in [2.45, 2.75) is 26.3 Å². The Labute approximate surface area is 116 Å². The first-order valence-electron chi connectivity index (χ1n) is 6.33. The van der Waals surface area contributed by atoms with Crippen molar-refractivity contribution in [3.63, 3.8) is 0 Å². The zero-order valence-electron chi connectivity index (χ0n) is 11.3. The van der Waals surface area contributed by atoms with Gasteiger partial charge in [0.2, 0.25) is 0 Å². The molecule has 1 amide bonds. The Morgan fingerprint density at radius 1 is 1.55 bits per heavy atom. The molecule has 0 aliphatic heterocycles. The van der Waals surface area contributed by atoms with Crippen LogP contribution in [-0.4, -0.2) is 20.9 Å². The maximum absolute atomic E-state index is 12.2. The number of carbonyl (C=O) groups is 1. The van der Waals surface area contributed by atoms with E-state index < -0.39 is 0 Å². The summed E-state index contributed by atoms with van der Waals surface area (Å²) in [4.78, 5) is 23.4. The molecule has 0 saturated heterocycles. The lowest BCUT2D eigenvalue weighted by atomic mass is 10.1. The molecule has 2 N–H and O–H groups in total. The summed E-state index contributed by atoms with van der Waals surface area (Å²) in [6.07, 6.45) is 4.08. The molecule has 0 fully saturated rings. The Bertz CT molecular complexity index is 642. The molecule has 0 spiro atoms. The molecule has 1 atom stereocenters. The van der Waals surface area contributed by atoms with Gasteiger partial charge in [0, 0.05) is 12.4 Å². The monoisotopic (exact) mass is 269 g/mol. The molecule has 0 aliphatic carbocycles. The number of H-pyrrole nitrogens is 1. The highest BCUT2D eigenvalue weighted by molar-refractivity contribution is 5.92. The lowest BCUT2D eigenvalue weighted by Crippen LogP contribution is -2.29. The van der Waals surface area contributed by atoms with Crippen molar-refractivity contribution in [3.05, 3.63) is 47.3 Å². The Morgan fingerprint density at radius 2 is 2.35 bits per heavy atom. The van der Waals surface area contributed by atoms with Gasteiger partial charge in [-0.1, -0.05) is 6.92 Å². The van der Waals surface area contributed by atoms with E-state index >= 15 is 0 Å². The van der Waals surface area contributed by atoms with Crippen LogP contribution in [0.4, 0.5) is 0 Å². The van der Waals surface area contributed by atoms with Crippen LogP contribution in [0, 0.1) is 18.3 Å². The minimum atomic E-state index is -0.277. The van der Waals surface area contributed by atoms with Gasteiger partial charge in [-0.2, -0.15) is 5.26 Å². The molecule has 0 aliphatic rings. The van der Waals surface area contributed by atoms with Crippen molar-refractivity contribution >= 4 is 5.91 Å². The van der Waals surface area contributed by atoms with E-state index in [4.69, 9.17) is 5.26 Å². The average molecular weight is 269 g/mol. The number of nitrogens with zero attached hydrogens (tertiary/aromatic N) is 3. The van der Waals surface area contributed by atoms with Gasteiger partial charge in [0.1, 0.15) is 17.6 Å². The minimum absolute atomic E-state index is 0.185. The Balaban J connectivity index is 2.16. The molecule has 0 saturated carbocycles. The van der Waals surface area contributed by atoms with E-state index in [0.717, 1.165) is 0 Å². The first-order chi connectivity index (χ1) is 9.65. The van der Waals surface area contributed by atoms with Crippen molar-refractivity contribution in [2.24, 2.45) is 0 Å². The van der Waals surface area contributed by atoms with Crippen LogP contribution in [0.1, 0.15) is 47.0 Å². The van der Waals surface area contributed by atoms with Gasteiger partial charge in [0.05, 0.1) is 17.3 Å². The molecule has 6 nitrogen and oxygen atoms in total. The van der Waals surface area contributed by atoms with Gasteiger partial charge in [-0.15, -0.1) is 0 Å². The molecular weight excluding hydrogens is 254 g/mol. The number of pyridine rings is 1. The summed E-state index contributed by atoms with van der Waals surface area (Å²) in [5.74, 6) is 0.437. The van der Waals surface area contributed by atoms with E-state index in [1.165, 1.54) is 0 Å². The number of nitrogens with one attached hydrogen (secondary N) is 2. The van der Waals surface area contributed by atoms with E-state index in [-0.39, 0.29) is 11.9 Å². The summed E-state index contributed by atoms with van der Waals surface area (Å²) in [7, 11) is 0. The summed E-state index contributed by atoms with van der Waals surface area (Å²) in [5.41, 5.74) is 1.32. The molecule has 1 unspecified atom stereocenters. The molecule has 102 valence electrons. The van der Waals surface area contributed by atoms with Crippen LogP contribution in [-0.2, 0) is 0 Å². The van der Waals surface area contributed by atoms with Crippen molar-refractivity contribution < 1.29 is 4.79 Å². The van der Waals surface area contributed by atoms with Gasteiger partial charge in [0.25, 0.3) is 5.91 Å². The van der Waals surface area contributed by atoms with Gasteiger partial charge in [-0.05, 0) is 25.5 Å². The maximum Gasteiger partial charge on any atom is 0.270 e. The van der Waals surface area contributed by atoms with Crippen LogP contribution < -0.4 is 5.32 Å². The number of aromatic amines is 1. The zero-order valence-corrected chi connectivity index (χ0v) is 11.3. The maximum atomic E-state index is 12.2. The smallest absolute Gasteiger partial charge is 0.270 e. The number of aryl methyl sites for hydroxylation is 1. The van der Waals surface area contributed by atoms with E-state index in [1.807, 2.05) is 13.0 Å². The quantitative estimate of drug-likeness (QED) is 0.885. The van der Waals surface area contributed by atoms with E-state index in [2.05, 4.69) is 20.3 Å². The number of hydrogen-bond acceptors (Lipinski definition) is 4. The summed E-state index contributed by atoms with van der Waals surface area (Å²) >= 11 is 0. The van der Waals surface area contributed by atoms with E-state index in [9.17, 15) is 4.79 Å². The Kier molecular flexibility index (Phi) is 4.11. The minimum Gasteiger partial charge on any atom is -0.347 e. The van der Waals surface area contributed by atoms with E-state index in [0.29, 0.717) is 29.2 Å². The Morgan fingerprint density at radius 3 is 2.90 bits per heavy atom. The topological polar surface area (TPSA) is 94.5 Å². The van der Waals surface area contributed by atoms with Crippen molar-refractivity contribution in [3.8, 4) is 6.07 Å². The van der Waals surface area contributed by atoms with Gasteiger partial charge in [0.15, 0.2) is 0 Å². The van der Waals surface area contributed by atoms with Crippen molar-refractivity contribution in [1.82, 2.24) is 20.3 Å². The highest BCUT2D eigenvalue weighted by Crippen LogP contribution is 2.13. The van der Waals surface area contributed by atoms with Crippen molar-refractivity contribution in [1.29, 1.82) is 5.26 Å². The van der Waals surface area contributed by atoms with Gasteiger partial charge in [-0.3, -0.25) is 4.79 Å². The predicted molar refractivity (Wildman–Crippen MR) is 72.8 cm³/mol. The summed E-state index contributed by atoms with van der Waals surface area (Å²) in [6, 6.07) is 5.00. The third-order valence-electron chi connectivity index (χ3n) is 3.00. The molecule has 2 heterocycles. The normalized spacial score (nSPS) is 11.7. The average Bonchev–Trinajstić information content (AvgIpc) is 2.98. The first-order valence-corrected chi connectivity index (χ1v) is 6.33. The standard InChI is InChI=1S/C14H15N5O/c1-3-11(13-16-6-7-17-13)19-14(20)12-5-4-10(8-15)9(2)18-12/h4-7,11H,3H2,1-2H3,(H,16,17)(H,19,20). The number of hydrogen-bond donors (Lipinski definition) is 2. The SMILES string of the molecule is CCC(NC(=O)c1ccc(C#N)c(C)n1)c1ncc[nH]1. The van der Waals surface area contributed by atoms with Crippen LogP contribution in [0.15, 0.2) is 24.5 Å². The Hall–Kier alpha value is -2.68. The summed E-state index contributed by atoms with van der Waals surface area (Å²) < 4.78 is 0. The number of nitriles is 1. The molecule has 0 aromatic carbocycles. The fourth-order valence-electron chi connectivity index (χ4n) is 1.87. The molecular formula is C14H15N5O. The molecule has 2 rings (SSSR count). The highest BCUT2D eigenvalue weighted by atomic mass is 16.1.